The topological polar surface area (TPSA) is 17.1 Å². The summed E-state index contributed by atoms with van der Waals surface area (Å²) in [5.74, 6) is -1.86. The highest BCUT2D eigenvalue weighted by Crippen LogP contribution is 2.63. The van der Waals surface area contributed by atoms with Crippen LogP contribution in [0, 0.1) is 0 Å². The van der Waals surface area contributed by atoms with E-state index in [9.17, 15) is 18.0 Å². The Morgan fingerprint density at radius 1 is 0.882 bits per heavy atom. The van der Waals surface area contributed by atoms with Crippen LogP contribution in [0.5, 0.6) is 0 Å². The van der Waals surface area contributed by atoms with E-state index in [2.05, 4.69) is 112 Å². The molecule has 0 bridgehead atoms. The third-order valence-electron chi connectivity index (χ3n) is 1.51. The summed E-state index contributed by atoms with van der Waals surface area (Å²) in [7, 11) is 0. The van der Waals surface area contributed by atoms with Crippen molar-refractivity contribution in [2.45, 2.75) is 21.2 Å². The molecule has 0 aliphatic rings. The number of halogens is 10. The molecular weight excluding hydrogens is 704 g/mol. The van der Waals surface area contributed by atoms with Gasteiger partial charge in [0.25, 0.3) is 0 Å². The summed E-state index contributed by atoms with van der Waals surface area (Å²) >= 11 is 21.9. The van der Waals surface area contributed by atoms with Crippen LogP contribution in [0.25, 0.3) is 0 Å². The molecule has 0 aromatic carbocycles. The van der Waals surface area contributed by atoms with E-state index in [1.54, 1.807) is 0 Å². The molecule has 102 valence electrons. The largest absolute Gasteiger partial charge is 0.450 e. The second-order valence-corrected chi connectivity index (χ2v) is 16.8. The average Bonchev–Trinajstić information content (AvgIpc) is 1.98. The van der Waals surface area contributed by atoms with Crippen molar-refractivity contribution < 1.29 is 18.0 Å². The number of alkyl halides is 10. The Morgan fingerprint density at radius 2 is 1.24 bits per heavy atom. The maximum Gasteiger partial charge on any atom is 0.450 e. The summed E-state index contributed by atoms with van der Waals surface area (Å²) in [6.45, 7) is 0. The summed E-state index contributed by atoms with van der Waals surface area (Å²) in [5, 5.41) is 0. The van der Waals surface area contributed by atoms with Gasteiger partial charge < -0.3 is 0 Å². The minimum atomic E-state index is -4.88. The van der Waals surface area contributed by atoms with E-state index in [0.29, 0.717) is 0 Å². The molecule has 0 aromatic rings. The lowest BCUT2D eigenvalue weighted by atomic mass is 10.2. The van der Waals surface area contributed by atoms with Crippen molar-refractivity contribution in [1.29, 1.82) is 0 Å². The second-order valence-electron chi connectivity index (χ2n) is 2.87. The molecule has 0 heterocycles. The van der Waals surface area contributed by atoms with Gasteiger partial charge >= 0.3 is 6.18 Å². The van der Waals surface area contributed by atoms with Gasteiger partial charge in [0.15, 0.2) is 2.14 Å². The Kier molecular flexibility index (Phi) is 7.34. The van der Waals surface area contributed by atoms with E-state index in [4.69, 9.17) is 0 Å². The molecule has 0 amide bonds. The van der Waals surface area contributed by atoms with Gasteiger partial charge in [-0.1, -0.05) is 112 Å². The Hall–Kier alpha value is 2.82. The highest BCUT2D eigenvalue weighted by molar-refractivity contribution is 9.42. The molecule has 0 aliphatic heterocycles. The fourth-order valence-corrected chi connectivity index (χ4v) is 4.62. The minimum Gasteiger partial charge on any atom is -0.289 e. The standard InChI is InChI=1S/C6H2Br7F3O/c7-3(8,1-2(17)4(14,15)16)5(9,10)6(11,12)13/h1H2. The van der Waals surface area contributed by atoms with E-state index >= 15 is 0 Å². The van der Waals surface area contributed by atoms with Crippen LogP contribution in [0.15, 0.2) is 0 Å². The summed E-state index contributed by atoms with van der Waals surface area (Å²) in [4.78, 5) is 11.0. The van der Waals surface area contributed by atoms with Crippen molar-refractivity contribution in [2.75, 3.05) is 0 Å². The molecule has 11 heteroatoms. The molecular formula is C6H2Br7F3O. The third kappa shape index (κ3) is 5.26. The molecule has 0 radical (unpaired) electrons. The highest BCUT2D eigenvalue weighted by Gasteiger charge is 2.59. The number of rotatable bonds is 3. The minimum absolute atomic E-state index is 0.822. The predicted molar refractivity (Wildman–Crippen MR) is 86.4 cm³/mol. The molecule has 0 spiro atoms. The van der Waals surface area contributed by atoms with Crippen molar-refractivity contribution >= 4 is 117 Å². The summed E-state index contributed by atoms with van der Waals surface area (Å²) in [5.41, 5.74) is 0. The van der Waals surface area contributed by atoms with Crippen molar-refractivity contribution in [2.24, 2.45) is 0 Å². The molecule has 0 atom stereocenters. The van der Waals surface area contributed by atoms with E-state index < -0.39 is 27.0 Å². The first kappa shape index (κ1) is 19.8. The Labute approximate surface area is 154 Å². The fourth-order valence-electron chi connectivity index (χ4n) is 0.620. The lowest BCUT2D eigenvalue weighted by Crippen LogP contribution is -2.47. The first-order chi connectivity index (χ1) is 7.13. The van der Waals surface area contributed by atoms with Crippen LogP contribution < -0.4 is 0 Å². The van der Waals surface area contributed by atoms with Crippen molar-refractivity contribution in [3.8, 4) is 0 Å². The lowest BCUT2D eigenvalue weighted by Gasteiger charge is -2.40. The molecule has 0 N–H and O–H groups in total. The van der Waals surface area contributed by atoms with Crippen LogP contribution in [-0.2, 0) is 4.79 Å². The Morgan fingerprint density at radius 3 is 1.47 bits per heavy atom. The number of Topliss-reactive ketones (excluding diaryl/α,β-unsaturated/α-hetero) is 1. The molecule has 0 saturated heterocycles. The summed E-state index contributed by atoms with van der Waals surface area (Å²) < 4.78 is 33.0. The number of hydrogen-bond donors (Lipinski definition) is 0. The predicted octanol–water partition coefficient (Wildman–Crippen LogP) is 6.32. The van der Waals surface area contributed by atoms with Gasteiger partial charge in [0.2, 0.25) is 5.78 Å². The Bertz CT molecular complexity index is 306. The molecule has 0 aliphatic carbocycles. The SMILES string of the molecule is O=C(CC(Br)(Br)C(Br)(Br)C(Br)(Br)Br)C(F)(F)F. The molecule has 17 heavy (non-hydrogen) atoms. The van der Waals surface area contributed by atoms with Gasteiger partial charge in [-0.2, -0.15) is 13.2 Å². The van der Waals surface area contributed by atoms with Gasteiger partial charge in [0, 0.05) is 6.42 Å². The van der Waals surface area contributed by atoms with Gasteiger partial charge in [0.1, 0.15) is 6.47 Å². The maximum absolute atomic E-state index is 12.2. The van der Waals surface area contributed by atoms with Gasteiger partial charge in [-0.05, 0) is 0 Å². The summed E-state index contributed by atoms with van der Waals surface area (Å²) in [6, 6.07) is 0. The molecule has 1 nitrogen and oxygen atoms in total. The normalized spacial score (nSPS) is 14.9. The first-order valence-electron chi connectivity index (χ1n) is 3.55. The molecule has 0 fully saturated rings. The quantitative estimate of drug-likeness (QED) is 0.315. The molecule has 0 rings (SSSR count). The number of ketones is 1. The van der Waals surface area contributed by atoms with Crippen molar-refractivity contribution in [3.63, 3.8) is 0 Å². The van der Waals surface area contributed by atoms with Crippen LogP contribution in [0.2, 0.25) is 0 Å². The van der Waals surface area contributed by atoms with Gasteiger partial charge in [0.05, 0.1) is 0 Å². The van der Waals surface area contributed by atoms with Crippen molar-refractivity contribution in [1.82, 2.24) is 0 Å². The zero-order valence-electron chi connectivity index (χ0n) is 7.39. The van der Waals surface area contributed by atoms with Gasteiger partial charge in [-0.3, -0.25) is 4.79 Å². The maximum atomic E-state index is 12.2. The zero-order chi connectivity index (χ0) is 14.3. The fraction of sp³-hybridized carbons (Fsp3) is 0.833. The monoisotopic (exact) mass is 699 g/mol. The van der Waals surface area contributed by atoms with Crippen LogP contribution in [0.1, 0.15) is 6.42 Å². The number of carbonyl (C=O) groups excluding carboxylic acids is 1. The highest BCUT2D eigenvalue weighted by atomic mass is 80.0. The second kappa shape index (κ2) is 6.29. The lowest BCUT2D eigenvalue weighted by molar-refractivity contribution is -0.171. The van der Waals surface area contributed by atoms with E-state index in [1.165, 1.54) is 0 Å². The number of carbonyl (C=O) groups is 1. The number of hydrogen-bond acceptors (Lipinski definition) is 1. The van der Waals surface area contributed by atoms with Crippen molar-refractivity contribution in [3.05, 3.63) is 0 Å². The van der Waals surface area contributed by atoms with E-state index in [0.717, 1.165) is 0 Å². The van der Waals surface area contributed by atoms with Crippen LogP contribution >= 0.6 is 112 Å². The van der Waals surface area contributed by atoms with E-state index in [-0.39, 0.29) is 0 Å². The average molecular weight is 706 g/mol. The molecule has 0 aromatic heterocycles. The van der Waals surface area contributed by atoms with Crippen LogP contribution in [0.3, 0.4) is 0 Å². The first-order valence-corrected chi connectivity index (χ1v) is 9.10. The Balaban J connectivity index is 5.12. The van der Waals surface area contributed by atoms with Crippen LogP contribution in [0.4, 0.5) is 13.2 Å². The van der Waals surface area contributed by atoms with E-state index in [1.807, 2.05) is 0 Å². The molecule has 0 unspecified atom stereocenters. The van der Waals surface area contributed by atoms with Crippen LogP contribution in [-0.4, -0.2) is 20.6 Å². The summed E-state index contributed by atoms with van der Waals surface area (Å²) in [6.07, 6.45) is -5.70. The van der Waals surface area contributed by atoms with Gasteiger partial charge in [-0.15, -0.1) is 0 Å². The third-order valence-corrected chi connectivity index (χ3v) is 12.9. The van der Waals surface area contributed by atoms with Gasteiger partial charge in [-0.25, -0.2) is 0 Å². The smallest absolute Gasteiger partial charge is 0.289 e. The molecule has 0 saturated carbocycles. The zero-order valence-corrected chi connectivity index (χ0v) is 18.5.